The molecule has 3 N–H and O–H groups in total. The van der Waals surface area contributed by atoms with Crippen LogP contribution in [0.1, 0.15) is 188 Å². The average molecular weight is 1750 g/mol. The van der Waals surface area contributed by atoms with E-state index >= 15 is 0 Å². The minimum atomic E-state index is -0.653. The smallest absolute Gasteiger partial charge is 0.355 e. The van der Waals surface area contributed by atoms with Crippen LogP contribution in [0.15, 0.2) is 167 Å². The maximum atomic E-state index is 14.9. The Morgan fingerprint density at radius 2 is 0.919 bits per heavy atom. The highest BCUT2D eigenvalue weighted by molar-refractivity contribution is 6.34. The molecule has 15 rings (SSSR count). The molecule has 8 aromatic heterocycles. The second kappa shape index (κ2) is 42.7. The summed E-state index contributed by atoms with van der Waals surface area (Å²) < 4.78 is 47.0. The van der Waals surface area contributed by atoms with Crippen molar-refractivity contribution in [2.24, 2.45) is 41.4 Å². The predicted octanol–water partition coefficient (Wildman–Crippen LogP) is 22.0. The number of fused-ring (bicyclic) bond motifs is 3. The van der Waals surface area contributed by atoms with Gasteiger partial charge in [0.25, 0.3) is 5.56 Å². The molecule has 3 fully saturated rings. The van der Waals surface area contributed by atoms with Crippen molar-refractivity contribution < 1.29 is 27.6 Å². The molecule has 12 heterocycles. The van der Waals surface area contributed by atoms with Gasteiger partial charge in [0.1, 0.15) is 35.3 Å². The maximum Gasteiger partial charge on any atom is 0.355 e. The van der Waals surface area contributed by atoms with Crippen molar-refractivity contribution in [3.05, 3.63) is 256 Å². The first-order valence-corrected chi connectivity index (χ1v) is 42.1. The Balaban J connectivity index is 0.000000214. The molecule has 3 aromatic carbocycles. The first kappa shape index (κ1) is 98.5. The molecule has 21 nitrogen and oxygen atoms in total. The van der Waals surface area contributed by atoms with Gasteiger partial charge in [0.2, 0.25) is 0 Å². The van der Waals surface area contributed by atoms with Gasteiger partial charge in [0, 0.05) is 72.9 Å². The summed E-state index contributed by atoms with van der Waals surface area (Å²) in [7, 11) is 0. The molecule has 8 atom stereocenters. The van der Waals surface area contributed by atoms with Gasteiger partial charge in [-0.25, -0.2) is 56.5 Å². The number of nitrogens with zero attached hydrogens (tertiary/aromatic N) is 12. The number of urea groups is 1. The van der Waals surface area contributed by atoms with Crippen LogP contribution >= 0.6 is 34.8 Å². The quantitative estimate of drug-likeness (QED) is 0.0856. The van der Waals surface area contributed by atoms with Crippen molar-refractivity contribution in [2.75, 3.05) is 49.1 Å². The minimum absolute atomic E-state index is 0. The number of halogens is 6. The van der Waals surface area contributed by atoms with Crippen LogP contribution in [-0.4, -0.2) is 111 Å². The van der Waals surface area contributed by atoms with Gasteiger partial charge in [-0.2, -0.15) is 4.98 Å². The molecule has 0 bridgehead atoms. The van der Waals surface area contributed by atoms with Gasteiger partial charge in [-0.1, -0.05) is 190 Å². The highest BCUT2D eigenvalue weighted by Crippen LogP contribution is 2.46. The maximum absolute atomic E-state index is 14.9. The predicted molar refractivity (Wildman–Crippen MR) is 499 cm³/mol. The zero-order valence-electron chi connectivity index (χ0n) is 71.3. The number of amides is 2. The average Bonchev–Trinajstić information content (AvgIpc) is 0.737. The van der Waals surface area contributed by atoms with Gasteiger partial charge in [-0.3, -0.25) is 39.2 Å². The standard InChI is InChI=1S/C32H33ClFN5O2.C29H33ClFN5O.C22H18ClFN4O2.C7H15N.C4H6O.3CH4/c1-7-25(40)26-19(5)15-38(16-20(26)6)30-22-14-23(33)28(21-10-8-9-11-24(21)34)36-31(22)39(32(41)37-30)29-18(4)12-13-35-27(29)17(2)3;1-16(2)24-26(19(5)10-11-32-24)36-28-21(13-22(30)25(33-28)20-8-6-7-9-23(20)31)27(34-29(36)37)35-14-17(3)12-18(4)15-35;1-11(2)17-19(12(3)8-9-25-17)28-20-14(21(29)27-22(28)30)10-15(23)18(26-20)13-6-4-5-7-16(13)24;1-6-3-7(2)5-8-4-6;1-3-4(2)5;;;/h7-14,17,19-20,26H,1,15-16H2,2-6H3;6-11,13,16-18,27H,12,14-15H2,1-5H3,(H,34,37);4-11H,1-3H3,(H,27,29,30);6-8H,3-5H2,1-2H3;3H,1H2,2H3;3*1H4/t19-,20+,26?;17-,18+,27?;;6-,7+;;;;. The summed E-state index contributed by atoms with van der Waals surface area (Å²) in [4.78, 5) is 116. The third-order valence-corrected chi connectivity index (χ3v) is 23.0. The molecular weight excluding hydrogens is 1630 g/mol. The number of H-pyrrole nitrogens is 1. The Kier molecular flexibility index (Phi) is 33.9. The fraction of sp³-hybridized carbons (Fsp3) is 0.392. The number of nitrogens with one attached hydrogen (secondary N) is 3. The number of aromatic amines is 1. The highest BCUT2D eigenvalue weighted by Gasteiger charge is 2.42. The Hall–Kier alpha value is -10.9. The van der Waals surface area contributed by atoms with Crippen LogP contribution < -0.4 is 37.4 Å². The molecule has 0 spiro atoms. The molecule has 4 aliphatic rings. The van der Waals surface area contributed by atoms with E-state index in [-0.39, 0.29) is 125 Å². The highest BCUT2D eigenvalue weighted by atomic mass is 35.5. The lowest BCUT2D eigenvalue weighted by atomic mass is 9.77. The number of hydrogen-bond acceptors (Lipinski definition) is 16. The molecule has 4 aliphatic heterocycles. The van der Waals surface area contributed by atoms with Crippen LogP contribution in [-0.2, 0) is 9.59 Å². The fourth-order valence-electron chi connectivity index (χ4n) is 16.8. The number of aryl methyl sites for hydroxylation is 3. The molecule has 658 valence electrons. The third kappa shape index (κ3) is 21.5. The van der Waals surface area contributed by atoms with Gasteiger partial charge in [0.05, 0.1) is 77.1 Å². The lowest BCUT2D eigenvalue weighted by Crippen LogP contribution is -2.53. The molecule has 2 unspecified atom stereocenters. The van der Waals surface area contributed by atoms with E-state index in [0.29, 0.717) is 86.6 Å². The SMILES string of the molecule is C.C.C.C=CC(=O)C1[C@H](C)CN(c2nc(=O)n(-c3c(C)ccnc3C(C)C)c3nc(-c4ccccc4F)c(Cl)cc23)C[C@@H]1C.C=CC(C)=O.C[C@@H]1CNC[C@H](C)C1.Cc1ccnc(C(C)C)c1-n1c(=O)[nH]c(=O)c2cc(Cl)c(-c3ccccc3F)nc21.Cc1ccnc(C(C)C)c1N1C(=O)NC(N2C[C@H](C)C[C@H](C)C2)c2cc(Cl)c(-c3ccccc3F)nc21. The van der Waals surface area contributed by atoms with E-state index in [9.17, 15) is 41.9 Å². The van der Waals surface area contributed by atoms with E-state index in [2.05, 4.69) is 86.3 Å². The van der Waals surface area contributed by atoms with Crippen molar-refractivity contribution in [1.82, 2.24) is 64.5 Å². The third-order valence-electron chi connectivity index (χ3n) is 22.2. The number of anilines is 3. The monoisotopic (exact) mass is 1750 g/mol. The van der Waals surface area contributed by atoms with Gasteiger partial charge in [-0.05, 0) is 209 Å². The van der Waals surface area contributed by atoms with E-state index in [4.69, 9.17) is 44.8 Å². The second-order valence-electron chi connectivity index (χ2n) is 33.2. The summed E-state index contributed by atoms with van der Waals surface area (Å²) in [6, 6.07) is 28.9. The number of allylic oxidation sites excluding steroid dienone is 2. The summed E-state index contributed by atoms with van der Waals surface area (Å²) >= 11 is 19.9. The van der Waals surface area contributed by atoms with Crippen molar-refractivity contribution in [3.8, 4) is 45.1 Å². The molecule has 3 saturated heterocycles. The van der Waals surface area contributed by atoms with Crippen molar-refractivity contribution in [3.63, 3.8) is 0 Å². The summed E-state index contributed by atoms with van der Waals surface area (Å²) in [5.41, 5.74) is 7.34. The van der Waals surface area contributed by atoms with Gasteiger partial charge >= 0.3 is 17.4 Å². The Morgan fingerprint density at radius 1 is 0.516 bits per heavy atom. The molecule has 27 heteroatoms. The first-order valence-electron chi connectivity index (χ1n) is 40.9. The van der Waals surface area contributed by atoms with Gasteiger partial charge in [0.15, 0.2) is 22.9 Å². The van der Waals surface area contributed by atoms with E-state index in [1.807, 2.05) is 99.3 Å². The molecule has 0 aliphatic carbocycles. The molecule has 0 saturated carbocycles. The zero-order chi connectivity index (χ0) is 87.9. The zero-order valence-corrected chi connectivity index (χ0v) is 73.6. The summed E-state index contributed by atoms with van der Waals surface area (Å²) in [6.07, 6.45) is 9.98. The second-order valence-corrected chi connectivity index (χ2v) is 34.5. The molecule has 2 amide bonds. The van der Waals surface area contributed by atoms with Crippen LogP contribution in [0.2, 0.25) is 15.1 Å². The van der Waals surface area contributed by atoms with Gasteiger partial charge < -0.3 is 15.5 Å². The summed E-state index contributed by atoms with van der Waals surface area (Å²) in [6.45, 7) is 44.4. The van der Waals surface area contributed by atoms with Crippen LogP contribution in [0.3, 0.4) is 0 Å². The Bertz CT molecular complexity index is 5910. The minimum Gasteiger partial charge on any atom is -0.355 e. The van der Waals surface area contributed by atoms with E-state index in [1.165, 1.54) is 72.0 Å². The lowest BCUT2D eigenvalue weighted by molar-refractivity contribution is -0.121. The summed E-state index contributed by atoms with van der Waals surface area (Å²) in [5.74, 6) is 2.25. The number of pyridine rings is 6. The first-order chi connectivity index (χ1) is 57.5. The fourth-order valence-corrected chi connectivity index (χ4v) is 17.5. The lowest BCUT2D eigenvalue weighted by Gasteiger charge is -2.44. The van der Waals surface area contributed by atoms with E-state index in [0.717, 1.165) is 65.0 Å². The molecule has 124 heavy (non-hydrogen) atoms. The number of hydrogen-bond donors (Lipinski definition) is 3. The molecular formula is C97H117Cl3F3N15O6. The van der Waals surface area contributed by atoms with Crippen LogP contribution in [0.5, 0.6) is 0 Å². The van der Waals surface area contributed by atoms with Crippen molar-refractivity contribution in [2.45, 2.75) is 170 Å². The van der Waals surface area contributed by atoms with Gasteiger partial charge in [-0.15, -0.1) is 0 Å². The number of ketones is 2. The number of carbonyl (C=O) groups is 3. The Morgan fingerprint density at radius 3 is 1.35 bits per heavy atom. The number of piperidine rings is 3. The van der Waals surface area contributed by atoms with Crippen molar-refractivity contribution in [1.29, 1.82) is 0 Å². The molecule has 0 radical (unpaired) electrons. The number of rotatable bonds is 14. The Labute approximate surface area is 741 Å². The number of benzene rings is 3. The van der Waals surface area contributed by atoms with Crippen LogP contribution in [0.4, 0.5) is 35.3 Å². The topological polar surface area (TPSA) is 252 Å². The summed E-state index contributed by atoms with van der Waals surface area (Å²) in [5, 5.41) is 7.98. The largest absolute Gasteiger partial charge is 0.355 e. The number of aromatic nitrogens is 10. The number of carbonyl (C=O) groups excluding carboxylic acids is 3. The van der Waals surface area contributed by atoms with Crippen LogP contribution in [0, 0.1) is 79.6 Å². The van der Waals surface area contributed by atoms with Crippen LogP contribution in [0.25, 0.3) is 67.2 Å². The van der Waals surface area contributed by atoms with Crippen molar-refractivity contribution >= 4 is 91.8 Å². The number of likely N-dealkylation sites (tertiary alicyclic amines) is 1. The normalized spacial score (nSPS) is 18.5. The van der Waals surface area contributed by atoms with E-state index in [1.54, 1.807) is 90.2 Å². The molecule has 11 aromatic rings. The van der Waals surface area contributed by atoms with E-state index < -0.39 is 34.4 Å².